The van der Waals surface area contributed by atoms with E-state index in [1.54, 1.807) is 19.1 Å². The lowest BCUT2D eigenvalue weighted by Gasteiger charge is -2.10. The molecule has 0 bridgehead atoms. The van der Waals surface area contributed by atoms with Gasteiger partial charge in [-0.15, -0.1) is 0 Å². The summed E-state index contributed by atoms with van der Waals surface area (Å²) in [7, 11) is -3.72. The van der Waals surface area contributed by atoms with E-state index >= 15 is 0 Å². The van der Waals surface area contributed by atoms with E-state index in [9.17, 15) is 12.8 Å². The Hall–Kier alpha value is -1.45. The zero-order valence-electron chi connectivity index (χ0n) is 9.35. The van der Waals surface area contributed by atoms with E-state index in [-0.39, 0.29) is 18.5 Å². The van der Waals surface area contributed by atoms with Crippen molar-refractivity contribution in [3.63, 3.8) is 0 Å². The molecule has 0 saturated heterocycles. The molecule has 1 aromatic rings. The minimum atomic E-state index is -3.72. The Morgan fingerprint density at radius 2 is 2.12 bits per heavy atom. The van der Waals surface area contributed by atoms with Crippen LogP contribution in [0.1, 0.15) is 18.9 Å². The second-order valence-electron chi connectivity index (χ2n) is 3.48. The lowest BCUT2D eigenvalue weighted by Crippen LogP contribution is -2.32. The number of halogens is 1. The quantitative estimate of drug-likeness (QED) is 0.868. The van der Waals surface area contributed by atoms with Crippen molar-refractivity contribution in [1.29, 1.82) is 5.26 Å². The van der Waals surface area contributed by atoms with Crippen molar-refractivity contribution in [2.24, 2.45) is 0 Å². The standard InChI is InChI=1S/C11H13FN2O2S/c1-2-10(7-13)17(15,16)14-8-9-5-3-4-6-11(9)12/h3-6,10,14H,2,8H2,1H3/t10-/m0/s1. The van der Waals surface area contributed by atoms with Crippen molar-refractivity contribution < 1.29 is 12.8 Å². The van der Waals surface area contributed by atoms with Gasteiger partial charge >= 0.3 is 0 Å². The number of hydrogen-bond acceptors (Lipinski definition) is 3. The van der Waals surface area contributed by atoms with E-state index in [4.69, 9.17) is 5.26 Å². The number of sulfonamides is 1. The number of nitrogens with one attached hydrogen (secondary N) is 1. The first-order valence-corrected chi connectivity index (χ1v) is 6.67. The summed E-state index contributed by atoms with van der Waals surface area (Å²) in [6.45, 7) is 1.46. The van der Waals surface area contributed by atoms with Crippen molar-refractivity contribution in [3.05, 3.63) is 35.6 Å². The summed E-state index contributed by atoms with van der Waals surface area (Å²) < 4.78 is 38.7. The Labute approximate surface area is 100 Å². The van der Waals surface area contributed by atoms with Gasteiger partial charge in [0, 0.05) is 12.1 Å². The van der Waals surface area contributed by atoms with Gasteiger partial charge in [-0.1, -0.05) is 25.1 Å². The number of nitriles is 1. The maximum Gasteiger partial charge on any atom is 0.228 e. The summed E-state index contributed by atoms with van der Waals surface area (Å²) in [6, 6.07) is 7.59. The van der Waals surface area contributed by atoms with Gasteiger partial charge in [0.05, 0.1) is 6.07 Å². The van der Waals surface area contributed by atoms with Gasteiger partial charge in [-0.2, -0.15) is 5.26 Å². The van der Waals surface area contributed by atoms with E-state index in [0.717, 1.165) is 0 Å². The molecule has 0 radical (unpaired) electrons. The minimum absolute atomic E-state index is 0.146. The molecule has 0 aliphatic rings. The Morgan fingerprint density at radius 3 is 2.65 bits per heavy atom. The summed E-state index contributed by atoms with van der Waals surface area (Å²) in [6.07, 6.45) is 0.198. The topological polar surface area (TPSA) is 70.0 Å². The third kappa shape index (κ3) is 3.51. The van der Waals surface area contributed by atoms with Crippen molar-refractivity contribution in [2.75, 3.05) is 0 Å². The molecular weight excluding hydrogens is 243 g/mol. The summed E-state index contributed by atoms with van der Waals surface area (Å²) in [5.41, 5.74) is 0.254. The van der Waals surface area contributed by atoms with Crippen LogP contribution in [0.4, 0.5) is 4.39 Å². The molecule has 17 heavy (non-hydrogen) atoms. The van der Waals surface area contributed by atoms with Crippen LogP contribution in [0.3, 0.4) is 0 Å². The highest BCUT2D eigenvalue weighted by Crippen LogP contribution is 2.08. The zero-order valence-corrected chi connectivity index (χ0v) is 10.2. The first-order valence-electron chi connectivity index (χ1n) is 5.12. The van der Waals surface area contributed by atoms with Crippen LogP contribution in [0.2, 0.25) is 0 Å². The molecule has 1 N–H and O–H groups in total. The molecule has 4 nitrogen and oxygen atoms in total. The number of benzene rings is 1. The van der Waals surface area contributed by atoms with E-state index in [1.807, 2.05) is 0 Å². The number of nitrogens with zero attached hydrogens (tertiary/aromatic N) is 1. The van der Waals surface area contributed by atoms with Crippen LogP contribution in [0.25, 0.3) is 0 Å². The molecule has 0 unspecified atom stereocenters. The molecule has 1 aromatic carbocycles. The third-order valence-corrected chi connectivity index (χ3v) is 4.05. The van der Waals surface area contributed by atoms with Gasteiger partial charge in [0.25, 0.3) is 0 Å². The zero-order chi connectivity index (χ0) is 12.9. The molecule has 0 aromatic heterocycles. The highest BCUT2D eigenvalue weighted by atomic mass is 32.2. The molecule has 0 saturated carbocycles. The molecule has 0 aliphatic carbocycles. The molecule has 92 valence electrons. The third-order valence-electron chi connectivity index (χ3n) is 2.31. The van der Waals surface area contributed by atoms with E-state index in [0.29, 0.717) is 0 Å². The molecule has 0 fully saturated rings. The molecule has 0 amide bonds. The lowest BCUT2D eigenvalue weighted by molar-refractivity contribution is 0.566. The molecule has 6 heteroatoms. The van der Waals surface area contributed by atoms with Crippen molar-refractivity contribution in [1.82, 2.24) is 4.72 Å². The Kier molecular flexibility index (Phi) is 4.61. The fourth-order valence-corrected chi connectivity index (χ4v) is 2.44. The summed E-state index contributed by atoms with van der Waals surface area (Å²) >= 11 is 0. The molecule has 1 rings (SSSR count). The van der Waals surface area contributed by atoms with Crippen LogP contribution in [0.5, 0.6) is 0 Å². The second-order valence-corrected chi connectivity index (χ2v) is 5.43. The highest BCUT2D eigenvalue weighted by molar-refractivity contribution is 7.90. The minimum Gasteiger partial charge on any atom is -0.211 e. The Balaban J connectivity index is 2.75. The monoisotopic (exact) mass is 256 g/mol. The summed E-state index contributed by atoms with van der Waals surface area (Å²) in [5, 5.41) is 7.57. The van der Waals surface area contributed by atoms with Gasteiger partial charge < -0.3 is 0 Å². The number of rotatable bonds is 5. The van der Waals surface area contributed by atoms with E-state index < -0.39 is 21.1 Å². The van der Waals surface area contributed by atoms with Crippen LogP contribution in [0, 0.1) is 17.1 Å². The summed E-state index contributed by atoms with van der Waals surface area (Å²) in [5.74, 6) is -0.472. The normalized spacial score (nSPS) is 13.0. The number of hydrogen-bond donors (Lipinski definition) is 1. The van der Waals surface area contributed by atoms with Gasteiger partial charge in [0.15, 0.2) is 5.25 Å². The van der Waals surface area contributed by atoms with E-state index in [1.165, 1.54) is 18.2 Å². The van der Waals surface area contributed by atoms with Gasteiger partial charge in [0.1, 0.15) is 5.82 Å². The predicted molar refractivity (Wildman–Crippen MR) is 61.9 cm³/mol. The maximum absolute atomic E-state index is 13.2. The average molecular weight is 256 g/mol. The SMILES string of the molecule is CC[C@@H](C#N)S(=O)(=O)NCc1ccccc1F. The van der Waals surface area contributed by atoms with Crippen LogP contribution < -0.4 is 4.72 Å². The van der Waals surface area contributed by atoms with Gasteiger partial charge in [-0.05, 0) is 12.5 Å². The fraction of sp³-hybridized carbons (Fsp3) is 0.364. The van der Waals surface area contributed by atoms with Gasteiger partial charge in [0.2, 0.25) is 10.0 Å². The largest absolute Gasteiger partial charge is 0.228 e. The fourth-order valence-electron chi connectivity index (χ4n) is 1.30. The van der Waals surface area contributed by atoms with Crippen molar-refractivity contribution >= 4 is 10.0 Å². The molecule has 0 heterocycles. The van der Waals surface area contributed by atoms with Crippen LogP contribution in [-0.2, 0) is 16.6 Å². The van der Waals surface area contributed by atoms with Gasteiger partial charge in [-0.3, -0.25) is 0 Å². The smallest absolute Gasteiger partial charge is 0.211 e. The Morgan fingerprint density at radius 1 is 1.47 bits per heavy atom. The Bertz CT molecular complexity index is 523. The van der Waals surface area contributed by atoms with Crippen LogP contribution in [-0.4, -0.2) is 13.7 Å². The average Bonchev–Trinajstić information content (AvgIpc) is 2.29. The maximum atomic E-state index is 13.2. The second kappa shape index (κ2) is 5.75. The highest BCUT2D eigenvalue weighted by Gasteiger charge is 2.22. The lowest BCUT2D eigenvalue weighted by atomic mass is 10.2. The van der Waals surface area contributed by atoms with Crippen LogP contribution in [0.15, 0.2) is 24.3 Å². The summed E-state index contributed by atoms with van der Waals surface area (Å²) in [4.78, 5) is 0. The van der Waals surface area contributed by atoms with Crippen LogP contribution >= 0.6 is 0 Å². The van der Waals surface area contributed by atoms with E-state index in [2.05, 4.69) is 4.72 Å². The van der Waals surface area contributed by atoms with Crippen molar-refractivity contribution in [3.8, 4) is 6.07 Å². The first-order chi connectivity index (χ1) is 8.01. The van der Waals surface area contributed by atoms with Crippen molar-refractivity contribution in [2.45, 2.75) is 25.1 Å². The molecule has 0 spiro atoms. The first kappa shape index (κ1) is 13.6. The predicted octanol–water partition coefficient (Wildman–Crippen LogP) is 1.55. The molecule has 0 aliphatic heterocycles. The molecular formula is C11H13FN2O2S. The van der Waals surface area contributed by atoms with Gasteiger partial charge in [-0.25, -0.2) is 17.5 Å². The molecule has 1 atom stereocenters.